The average molecular weight is 280 g/mol. The minimum atomic E-state index is -4.24. The largest absolute Gasteiger partial charge is 0.406 e. The number of aromatic nitrogens is 1. The van der Waals surface area contributed by atoms with Crippen LogP contribution >= 0.6 is 11.3 Å². The normalized spacial score (nSPS) is 19.7. The Bertz CT molecular complexity index is 419. The maximum absolute atomic E-state index is 12.4. The summed E-state index contributed by atoms with van der Waals surface area (Å²) in [5.41, 5.74) is 0.571. The highest BCUT2D eigenvalue weighted by molar-refractivity contribution is 7.15. The molecule has 1 heterocycles. The zero-order valence-corrected chi connectivity index (χ0v) is 10.8. The number of halogens is 3. The van der Waals surface area contributed by atoms with Gasteiger partial charge in [-0.15, -0.1) is 11.3 Å². The molecule has 1 atom stereocenters. The number of aryl methyl sites for hydroxylation is 1. The van der Waals surface area contributed by atoms with Crippen LogP contribution in [0.5, 0.6) is 0 Å². The van der Waals surface area contributed by atoms with Crippen LogP contribution in [0.4, 0.5) is 18.3 Å². The summed E-state index contributed by atoms with van der Waals surface area (Å²) in [5.74, 6) is 0. The van der Waals surface area contributed by atoms with Gasteiger partial charge in [0.1, 0.15) is 6.54 Å². The lowest BCUT2D eigenvalue weighted by atomic mass is 10.0. The van der Waals surface area contributed by atoms with E-state index in [0.29, 0.717) is 17.2 Å². The summed E-state index contributed by atoms with van der Waals surface area (Å²) < 4.78 is 37.3. The molecule has 0 aromatic carbocycles. The van der Waals surface area contributed by atoms with Gasteiger partial charge >= 0.3 is 6.18 Å². The van der Waals surface area contributed by atoms with E-state index in [1.165, 1.54) is 16.2 Å². The molecule has 0 saturated heterocycles. The van der Waals surface area contributed by atoms with E-state index in [4.69, 9.17) is 0 Å². The van der Waals surface area contributed by atoms with Crippen molar-refractivity contribution in [3.8, 4) is 0 Å². The van der Waals surface area contributed by atoms with Gasteiger partial charge in [-0.25, -0.2) is 4.98 Å². The van der Waals surface area contributed by atoms with Crippen molar-refractivity contribution in [1.82, 2.24) is 4.98 Å². The van der Waals surface area contributed by atoms with Crippen molar-refractivity contribution >= 4 is 16.5 Å². The molecule has 0 spiro atoms. The monoisotopic (exact) mass is 280 g/mol. The first-order chi connectivity index (χ1) is 8.40. The number of alkyl halides is 3. The van der Waals surface area contributed by atoms with E-state index in [9.17, 15) is 18.3 Å². The van der Waals surface area contributed by atoms with Crippen LogP contribution in [0, 0.1) is 0 Å². The number of thiazole rings is 1. The lowest BCUT2D eigenvalue weighted by molar-refractivity contribution is -0.119. The van der Waals surface area contributed by atoms with E-state index >= 15 is 0 Å². The Morgan fingerprint density at radius 1 is 1.50 bits per heavy atom. The average Bonchev–Trinajstić information content (AvgIpc) is 2.70. The van der Waals surface area contributed by atoms with Crippen LogP contribution in [0.3, 0.4) is 0 Å². The maximum atomic E-state index is 12.4. The van der Waals surface area contributed by atoms with Crippen LogP contribution in [-0.4, -0.2) is 29.4 Å². The highest BCUT2D eigenvalue weighted by Gasteiger charge is 2.32. The Hall–Kier alpha value is -0.820. The lowest BCUT2D eigenvalue weighted by Gasteiger charge is -2.21. The first-order valence-corrected chi connectivity index (χ1v) is 6.71. The molecular formula is C11H15F3N2OS. The molecule has 1 aromatic heterocycles. The first-order valence-electron chi connectivity index (χ1n) is 5.90. The van der Waals surface area contributed by atoms with Gasteiger partial charge in [0.2, 0.25) is 0 Å². The standard InChI is InChI=1S/C11H15F3N2OS/c1-2-16(6-11(12,13)14)10-15-9-7(17)4-3-5-8(9)18-10/h7,17H,2-6H2,1H3. The summed E-state index contributed by atoms with van der Waals surface area (Å²) >= 11 is 1.27. The van der Waals surface area contributed by atoms with Crippen LogP contribution in [0.1, 0.15) is 36.4 Å². The number of fused-ring (bicyclic) bond motifs is 1. The molecule has 0 aliphatic heterocycles. The molecule has 0 saturated carbocycles. The van der Waals surface area contributed by atoms with Crippen LogP contribution in [0.2, 0.25) is 0 Å². The van der Waals surface area contributed by atoms with Gasteiger partial charge in [-0.2, -0.15) is 13.2 Å². The van der Waals surface area contributed by atoms with Crippen molar-refractivity contribution < 1.29 is 18.3 Å². The van der Waals surface area contributed by atoms with Gasteiger partial charge in [0.15, 0.2) is 5.13 Å². The Balaban J connectivity index is 2.22. The molecule has 102 valence electrons. The SMILES string of the molecule is CCN(CC(F)(F)F)c1nc2c(s1)CCCC2O. The van der Waals surface area contributed by atoms with Gasteiger partial charge in [-0.1, -0.05) is 0 Å². The van der Waals surface area contributed by atoms with Gasteiger partial charge in [-0.05, 0) is 26.2 Å². The smallest absolute Gasteiger partial charge is 0.387 e. The van der Waals surface area contributed by atoms with Crippen molar-refractivity contribution in [3.05, 3.63) is 10.6 Å². The second-order valence-electron chi connectivity index (χ2n) is 4.34. The highest BCUT2D eigenvalue weighted by Crippen LogP contribution is 2.37. The molecule has 0 bridgehead atoms. The van der Waals surface area contributed by atoms with Crippen LogP contribution < -0.4 is 4.90 Å². The molecule has 1 N–H and O–H groups in total. The molecule has 0 radical (unpaired) electrons. The van der Waals surface area contributed by atoms with Gasteiger partial charge in [0.05, 0.1) is 11.8 Å². The third-order valence-electron chi connectivity index (χ3n) is 2.94. The Kier molecular flexibility index (Phi) is 3.82. The molecule has 0 amide bonds. The molecule has 2 rings (SSSR count). The van der Waals surface area contributed by atoms with Crippen molar-refractivity contribution in [1.29, 1.82) is 0 Å². The molecule has 1 aliphatic carbocycles. The number of hydrogen-bond acceptors (Lipinski definition) is 4. The molecule has 7 heteroatoms. The van der Waals surface area contributed by atoms with E-state index in [-0.39, 0.29) is 6.54 Å². The third kappa shape index (κ3) is 2.95. The molecule has 1 aliphatic rings. The third-order valence-corrected chi connectivity index (χ3v) is 4.13. The second kappa shape index (κ2) is 5.05. The van der Waals surface area contributed by atoms with E-state index in [0.717, 1.165) is 17.7 Å². The number of aliphatic hydroxyl groups excluding tert-OH is 1. The lowest BCUT2D eigenvalue weighted by Crippen LogP contribution is -2.34. The van der Waals surface area contributed by atoms with E-state index in [1.807, 2.05) is 0 Å². The fourth-order valence-electron chi connectivity index (χ4n) is 2.05. The predicted molar refractivity (Wildman–Crippen MR) is 64.0 cm³/mol. The highest BCUT2D eigenvalue weighted by atomic mass is 32.1. The molecule has 0 fully saturated rings. The topological polar surface area (TPSA) is 36.4 Å². The van der Waals surface area contributed by atoms with Gasteiger partial charge < -0.3 is 10.0 Å². The van der Waals surface area contributed by atoms with E-state index in [2.05, 4.69) is 4.98 Å². The minimum absolute atomic E-state index is 0.252. The van der Waals surface area contributed by atoms with Crippen LogP contribution in [0.15, 0.2) is 0 Å². The summed E-state index contributed by atoms with van der Waals surface area (Å²) in [6.45, 7) is 0.927. The molecular weight excluding hydrogens is 265 g/mol. The number of anilines is 1. The zero-order valence-electron chi connectivity index (χ0n) is 10.00. The Morgan fingerprint density at radius 2 is 2.22 bits per heavy atom. The van der Waals surface area contributed by atoms with E-state index < -0.39 is 18.8 Å². The van der Waals surface area contributed by atoms with Crippen LogP contribution in [-0.2, 0) is 6.42 Å². The summed E-state index contributed by atoms with van der Waals surface area (Å²) in [7, 11) is 0. The predicted octanol–water partition coefficient (Wildman–Crippen LogP) is 2.90. The van der Waals surface area contributed by atoms with Gasteiger partial charge in [-0.3, -0.25) is 0 Å². The number of aliphatic hydroxyl groups is 1. The van der Waals surface area contributed by atoms with Crippen molar-refractivity contribution in [2.45, 2.75) is 38.5 Å². The number of rotatable bonds is 3. The zero-order chi connectivity index (χ0) is 13.3. The van der Waals surface area contributed by atoms with Gasteiger partial charge in [0.25, 0.3) is 0 Å². The summed E-state index contributed by atoms with van der Waals surface area (Å²) in [5, 5.41) is 10.1. The van der Waals surface area contributed by atoms with Gasteiger partial charge in [0, 0.05) is 11.4 Å². The fourth-order valence-corrected chi connectivity index (χ4v) is 3.27. The molecule has 1 unspecified atom stereocenters. The van der Waals surface area contributed by atoms with E-state index in [1.54, 1.807) is 6.92 Å². The summed E-state index contributed by atoms with van der Waals surface area (Å²) in [6, 6.07) is 0. The fraction of sp³-hybridized carbons (Fsp3) is 0.727. The Labute approximate surface area is 107 Å². The van der Waals surface area contributed by atoms with Crippen molar-refractivity contribution in [3.63, 3.8) is 0 Å². The summed E-state index contributed by atoms with van der Waals surface area (Å²) in [4.78, 5) is 6.31. The second-order valence-corrected chi connectivity index (χ2v) is 5.40. The molecule has 1 aromatic rings. The number of nitrogens with zero attached hydrogens (tertiary/aromatic N) is 2. The quantitative estimate of drug-likeness (QED) is 0.925. The number of hydrogen-bond donors (Lipinski definition) is 1. The molecule has 3 nitrogen and oxygen atoms in total. The van der Waals surface area contributed by atoms with Crippen molar-refractivity contribution in [2.75, 3.05) is 18.0 Å². The minimum Gasteiger partial charge on any atom is -0.387 e. The maximum Gasteiger partial charge on any atom is 0.406 e. The van der Waals surface area contributed by atoms with Crippen LogP contribution in [0.25, 0.3) is 0 Å². The Morgan fingerprint density at radius 3 is 2.78 bits per heavy atom. The molecule has 18 heavy (non-hydrogen) atoms. The summed E-state index contributed by atoms with van der Waals surface area (Å²) in [6.07, 6.45) is -2.56. The first kappa shape index (κ1) is 13.6. The van der Waals surface area contributed by atoms with Crippen molar-refractivity contribution in [2.24, 2.45) is 0 Å².